The van der Waals surface area contributed by atoms with Crippen molar-refractivity contribution in [1.29, 1.82) is 0 Å². The summed E-state index contributed by atoms with van der Waals surface area (Å²) in [4.78, 5) is 14.1. The standard InChI is InChI=1S/C13H26N2O/c1-5-15(10-11-6-7-14-9-11)12(16)8-13(2,3)4/h11,14H,5-10H2,1-4H3. The van der Waals surface area contributed by atoms with Gasteiger partial charge >= 0.3 is 0 Å². The average Bonchev–Trinajstić information content (AvgIpc) is 2.63. The van der Waals surface area contributed by atoms with Gasteiger partial charge in [-0.05, 0) is 37.8 Å². The Morgan fingerprint density at radius 1 is 1.44 bits per heavy atom. The number of carbonyl (C=O) groups is 1. The summed E-state index contributed by atoms with van der Waals surface area (Å²) in [5, 5.41) is 3.35. The number of carbonyl (C=O) groups excluding carboxylic acids is 1. The highest BCUT2D eigenvalue weighted by Gasteiger charge is 2.23. The van der Waals surface area contributed by atoms with Crippen LogP contribution >= 0.6 is 0 Å². The summed E-state index contributed by atoms with van der Waals surface area (Å²) in [6.45, 7) is 12.4. The van der Waals surface area contributed by atoms with E-state index in [1.165, 1.54) is 6.42 Å². The molecule has 0 aliphatic carbocycles. The summed E-state index contributed by atoms with van der Waals surface area (Å²) in [6.07, 6.45) is 1.86. The molecule has 1 rings (SSSR count). The molecule has 1 fully saturated rings. The van der Waals surface area contributed by atoms with Crippen molar-refractivity contribution in [3.8, 4) is 0 Å². The molecule has 1 N–H and O–H groups in total. The Hall–Kier alpha value is -0.570. The fraction of sp³-hybridized carbons (Fsp3) is 0.923. The first kappa shape index (κ1) is 13.5. The van der Waals surface area contributed by atoms with Crippen molar-refractivity contribution < 1.29 is 4.79 Å². The van der Waals surface area contributed by atoms with E-state index in [4.69, 9.17) is 0 Å². The molecule has 0 spiro atoms. The molecule has 1 heterocycles. The molecular formula is C13H26N2O. The van der Waals surface area contributed by atoms with Gasteiger partial charge in [0.2, 0.25) is 5.91 Å². The Bertz CT molecular complexity index is 227. The summed E-state index contributed by atoms with van der Waals surface area (Å²) in [5.74, 6) is 0.964. The van der Waals surface area contributed by atoms with Gasteiger partial charge < -0.3 is 10.2 Å². The Morgan fingerprint density at radius 2 is 2.12 bits per heavy atom. The molecule has 3 heteroatoms. The zero-order chi connectivity index (χ0) is 12.2. The van der Waals surface area contributed by atoms with E-state index >= 15 is 0 Å². The molecule has 1 aliphatic rings. The fourth-order valence-corrected chi connectivity index (χ4v) is 2.15. The molecule has 94 valence electrons. The van der Waals surface area contributed by atoms with Gasteiger partial charge in [0, 0.05) is 19.5 Å². The van der Waals surface area contributed by atoms with E-state index < -0.39 is 0 Å². The Kier molecular flexibility index (Phi) is 4.78. The molecule has 1 atom stereocenters. The highest BCUT2D eigenvalue weighted by molar-refractivity contribution is 5.76. The maximum Gasteiger partial charge on any atom is 0.223 e. The van der Waals surface area contributed by atoms with Crippen molar-refractivity contribution in [3.63, 3.8) is 0 Å². The summed E-state index contributed by atoms with van der Waals surface area (Å²) < 4.78 is 0. The highest BCUT2D eigenvalue weighted by Crippen LogP contribution is 2.20. The van der Waals surface area contributed by atoms with Crippen molar-refractivity contribution in [2.75, 3.05) is 26.2 Å². The third-order valence-corrected chi connectivity index (χ3v) is 3.06. The molecule has 0 aromatic heterocycles. The van der Waals surface area contributed by atoms with E-state index in [9.17, 15) is 4.79 Å². The third kappa shape index (κ3) is 4.52. The summed E-state index contributed by atoms with van der Waals surface area (Å²) in [7, 11) is 0. The quantitative estimate of drug-likeness (QED) is 0.794. The van der Waals surface area contributed by atoms with E-state index in [0.29, 0.717) is 18.2 Å². The smallest absolute Gasteiger partial charge is 0.223 e. The van der Waals surface area contributed by atoms with Crippen LogP contribution in [0.25, 0.3) is 0 Å². The molecule has 16 heavy (non-hydrogen) atoms. The first-order chi connectivity index (χ1) is 7.42. The molecule has 0 radical (unpaired) electrons. The molecule has 1 aliphatic heterocycles. The number of nitrogens with zero attached hydrogens (tertiary/aromatic N) is 1. The summed E-state index contributed by atoms with van der Waals surface area (Å²) >= 11 is 0. The molecule has 0 bridgehead atoms. The third-order valence-electron chi connectivity index (χ3n) is 3.06. The predicted octanol–water partition coefficient (Wildman–Crippen LogP) is 1.88. The maximum absolute atomic E-state index is 12.1. The molecule has 0 saturated carbocycles. The van der Waals surface area contributed by atoms with Gasteiger partial charge in [-0.15, -0.1) is 0 Å². The van der Waals surface area contributed by atoms with Crippen molar-refractivity contribution in [1.82, 2.24) is 10.2 Å². The van der Waals surface area contributed by atoms with E-state index in [0.717, 1.165) is 26.2 Å². The second-order valence-electron chi connectivity index (χ2n) is 6.03. The van der Waals surface area contributed by atoms with E-state index in [2.05, 4.69) is 33.0 Å². The molecule has 1 unspecified atom stereocenters. The van der Waals surface area contributed by atoms with Gasteiger partial charge in [0.15, 0.2) is 0 Å². The van der Waals surface area contributed by atoms with Crippen molar-refractivity contribution in [3.05, 3.63) is 0 Å². The van der Waals surface area contributed by atoms with Crippen LogP contribution in [0, 0.1) is 11.3 Å². The maximum atomic E-state index is 12.1. The SMILES string of the molecule is CCN(CC1CCNC1)C(=O)CC(C)(C)C. The Morgan fingerprint density at radius 3 is 2.56 bits per heavy atom. The van der Waals surface area contributed by atoms with Gasteiger partial charge in [-0.2, -0.15) is 0 Å². The second-order valence-corrected chi connectivity index (χ2v) is 6.03. The Labute approximate surface area is 99.6 Å². The van der Waals surface area contributed by atoms with Gasteiger partial charge in [0.25, 0.3) is 0 Å². The van der Waals surface area contributed by atoms with Gasteiger partial charge in [0.1, 0.15) is 0 Å². The zero-order valence-corrected chi connectivity index (χ0v) is 11.2. The van der Waals surface area contributed by atoms with E-state index in [-0.39, 0.29) is 5.41 Å². The minimum absolute atomic E-state index is 0.0957. The minimum atomic E-state index is 0.0957. The number of hydrogen-bond donors (Lipinski definition) is 1. The number of nitrogens with one attached hydrogen (secondary N) is 1. The molecule has 1 amide bonds. The summed E-state index contributed by atoms with van der Waals surface area (Å²) in [6, 6.07) is 0. The first-order valence-corrected chi connectivity index (χ1v) is 6.41. The van der Waals surface area contributed by atoms with Crippen LogP contribution in [0.2, 0.25) is 0 Å². The molecule has 1 saturated heterocycles. The van der Waals surface area contributed by atoms with E-state index in [1.807, 2.05) is 4.90 Å². The lowest BCUT2D eigenvalue weighted by molar-refractivity contribution is -0.133. The normalized spacial score (nSPS) is 21.1. The number of rotatable bonds is 4. The largest absolute Gasteiger partial charge is 0.343 e. The molecule has 0 aromatic rings. The zero-order valence-electron chi connectivity index (χ0n) is 11.2. The molecular weight excluding hydrogens is 200 g/mol. The lowest BCUT2D eigenvalue weighted by Gasteiger charge is -2.27. The van der Waals surface area contributed by atoms with Crippen LogP contribution in [-0.2, 0) is 4.79 Å². The van der Waals surface area contributed by atoms with Crippen molar-refractivity contribution >= 4 is 5.91 Å². The van der Waals surface area contributed by atoms with Gasteiger partial charge in [-0.3, -0.25) is 4.79 Å². The van der Waals surface area contributed by atoms with Gasteiger partial charge in [-0.25, -0.2) is 0 Å². The lowest BCUT2D eigenvalue weighted by Crippen LogP contribution is -2.37. The summed E-state index contributed by atoms with van der Waals surface area (Å²) in [5.41, 5.74) is 0.0957. The monoisotopic (exact) mass is 226 g/mol. The minimum Gasteiger partial charge on any atom is -0.343 e. The molecule has 3 nitrogen and oxygen atoms in total. The number of hydrogen-bond acceptors (Lipinski definition) is 2. The topological polar surface area (TPSA) is 32.3 Å². The van der Waals surface area contributed by atoms with Crippen LogP contribution < -0.4 is 5.32 Å². The fourth-order valence-electron chi connectivity index (χ4n) is 2.15. The van der Waals surface area contributed by atoms with Gasteiger partial charge in [-0.1, -0.05) is 20.8 Å². The Balaban J connectivity index is 2.43. The van der Waals surface area contributed by atoms with Crippen LogP contribution in [-0.4, -0.2) is 37.0 Å². The predicted molar refractivity (Wildman–Crippen MR) is 67.3 cm³/mol. The van der Waals surface area contributed by atoms with Crippen LogP contribution in [0.5, 0.6) is 0 Å². The highest BCUT2D eigenvalue weighted by atomic mass is 16.2. The van der Waals surface area contributed by atoms with E-state index in [1.54, 1.807) is 0 Å². The van der Waals surface area contributed by atoms with Crippen LogP contribution in [0.15, 0.2) is 0 Å². The molecule has 0 aromatic carbocycles. The van der Waals surface area contributed by atoms with Crippen LogP contribution in [0.1, 0.15) is 40.5 Å². The van der Waals surface area contributed by atoms with Crippen molar-refractivity contribution in [2.24, 2.45) is 11.3 Å². The number of amides is 1. The lowest BCUT2D eigenvalue weighted by atomic mass is 9.91. The van der Waals surface area contributed by atoms with Crippen molar-refractivity contribution in [2.45, 2.75) is 40.5 Å². The van der Waals surface area contributed by atoms with Crippen LogP contribution in [0.3, 0.4) is 0 Å². The van der Waals surface area contributed by atoms with Crippen LogP contribution in [0.4, 0.5) is 0 Å². The first-order valence-electron chi connectivity index (χ1n) is 6.41. The second kappa shape index (κ2) is 5.67. The van der Waals surface area contributed by atoms with Gasteiger partial charge in [0.05, 0.1) is 0 Å². The average molecular weight is 226 g/mol.